The van der Waals surface area contributed by atoms with E-state index in [4.69, 9.17) is 23.1 Å². The van der Waals surface area contributed by atoms with E-state index in [2.05, 4.69) is 5.32 Å². The third kappa shape index (κ3) is 7.96. The van der Waals surface area contributed by atoms with Gasteiger partial charge in [0.05, 0.1) is 29.4 Å². The number of anilines is 2. The predicted octanol–water partition coefficient (Wildman–Crippen LogP) is 3.63. The molecule has 0 bridgehead atoms. The first kappa shape index (κ1) is 32.1. The van der Waals surface area contributed by atoms with Gasteiger partial charge in [-0.15, -0.1) is 0 Å². The maximum absolute atomic E-state index is 15.2. The third-order valence-corrected chi connectivity index (χ3v) is 7.81. The van der Waals surface area contributed by atoms with Crippen molar-refractivity contribution in [3.05, 3.63) is 58.1 Å². The number of rotatable bonds is 7. The number of urea groups is 2. The molecule has 0 spiro atoms. The summed E-state index contributed by atoms with van der Waals surface area (Å²) in [6.45, 7) is 1.47. The Balaban J connectivity index is 1.47. The number of carbonyl (C=O) groups is 3. The summed E-state index contributed by atoms with van der Waals surface area (Å²) in [7, 11) is 0. The van der Waals surface area contributed by atoms with Crippen molar-refractivity contribution in [1.29, 1.82) is 0 Å². The minimum atomic E-state index is -4.25. The van der Waals surface area contributed by atoms with Crippen LogP contribution >= 0.6 is 11.6 Å². The first-order valence-electron chi connectivity index (χ1n) is 13.5. The third-order valence-electron chi connectivity index (χ3n) is 7.57. The largest absolute Gasteiger partial charge is 0.390 e. The van der Waals surface area contributed by atoms with Gasteiger partial charge >= 0.3 is 18.2 Å². The van der Waals surface area contributed by atoms with Crippen LogP contribution in [0.25, 0.3) is 0 Å². The topological polar surface area (TPSA) is 128 Å². The fraction of sp³-hybridized carbons (Fsp3) is 0.444. The number of hydrogen-bond acceptors (Lipinski definition) is 5. The van der Waals surface area contributed by atoms with E-state index < -0.39 is 53.8 Å². The number of amides is 5. The summed E-state index contributed by atoms with van der Waals surface area (Å²) in [4.78, 5) is 42.6. The normalized spacial score (nSPS) is 18.1. The molecule has 2 saturated heterocycles. The zero-order valence-electron chi connectivity index (χ0n) is 23.0. The van der Waals surface area contributed by atoms with Gasteiger partial charge in [-0.3, -0.25) is 9.69 Å². The molecule has 2 aliphatic heterocycles. The average molecular weight is 632 g/mol. The molecule has 43 heavy (non-hydrogen) atoms. The molecule has 0 saturated carbocycles. The van der Waals surface area contributed by atoms with Gasteiger partial charge in [0.1, 0.15) is 0 Å². The molecule has 234 valence electrons. The zero-order chi connectivity index (χ0) is 31.5. The van der Waals surface area contributed by atoms with Crippen molar-refractivity contribution >= 4 is 40.9 Å². The summed E-state index contributed by atoms with van der Waals surface area (Å²) in [5.74, 6) is -3.64. The Morgan fingerprint density at radius 1 is 0.930 bits per heavy atom. The van der Waals surface area contributed by atoms with Crippen molar-refractivity contribution in [2.75, 3.05) is 62.6 Å². The summed E-state index contributed by atoms with van der Waals surface area (Å²) < 4.78 is 68.2. The van der Waals surface area contributed by atoms with Gasteiger partial charge in [-0.25, -0.2) is 18.4 Å². The van der Waals surface area contributed by atoms with Gasteiger partial charge in [-0.2, -0.15) is 13.2 Å². The van der Waals surface area contributed by atoms with E-state index in [9.17, 15) is 27.6 Å². The summed E-state index contributed by atoms with van der Waals surface area (Å²) in [5.41, 5.74) is 10.8. The number of primary amides is 2. The number of hydrogen-bond donors (Lipinski definition) is 3. The van der Waals surface area contributed by atoms with Gasteiger partial charge in [-0.1, -0.05) is 17.7 Å². The van der Waals surface area contributed by atoms with Crippen molar-refractivity contribution < 1.29 is 36.3 Å². The highest BCUT2D eigenvalue weighted by molar-refractivity contribution is 6.31. The summed E-state index contributed by atoms with van der Waals surface area (Å²) in [5, 5.41) is 2.93. The minimum Gasteiger partial charge on any atom is -0.367 e. The smallest absolute Gasteiger partial charge is 0.367 e. The Hall–Kier alpha value is -3.85. The molecule has 5 N–H and O–H groups in total. The monoisotopic (exact) mass is 631 g/mol. The van der Waals surface area contributed by atoms with Gasteiger partial charge in [-0.05, 0) is 36.2 Å². The molecular weight excluding hydrogens is 601 g/mol. The molecule has 16 heteroatoms. The summed E-state index contributed by atoms with van der Waals surface area (Å²) >= 11 is 6.17. The molecule has 2 heterocycles. The van der Waals surface area contributed by atoms with Crippen LogP contribution < -0.4 is 21.7 Å². The van der Waals surface area contributed by atoms with E-state index in [0.29, 0.717) is 36.9 Å². The van der Waals surface area contributed by atoms with Crippen LogP contribution in [0.3, 0.4) is 0 Å². The Kier molecular flexibility index (Phi) is 9.85. The van der Waals surface area contributed by atoms with Crippen LogP contribution in [-0.2, 0) is 6.42 Å². The molecule has 5 amide bonds. The quantitative estimate of drug-likeness (QED) is 0.402. The molecular formula is C27H31ClF5N7O3. The predicted molar refractivity (Wildman–Crippen MR) is 150 cm³/mol. The fourth-order valence-corrected chi connectivity index (χ4v) is 5.42. The lowest BCUT2D eigenvalue weighted by Gasteiger charge is -2.40. The lowest BCUT2D eigenvalue weighted by molar-refractivity contribution is -0.138. The Labute approximate surface area is 249 Å². The van der Waals surface area contributed by atoms with Crippen LogP contribution in [0.2, 0.25) is 5.02 Å². The van der Waals surface area contributed by atoms with Crippen LogP contribution in [-0.4, -0.2) is 97.2 Å². The first-order chi connectivity index (χ1) is 20.2. The molecule has 0 aliphatic carbocycles. The molecule has 1 atom stereocenters. The molecule has 0 radical (unpaired) electrons. The minimum absolute atomic E-state index is 0.0303. The van der Waals surface area contributed by atoms with Crippen LogP contribution in [0.15, 0.2) is 30.3 Å². The number of nitrogens with zero attached hydrogens (tertiary/aromatic N) is 4. The van der Waals surface area contributed by atoms with Crippen LogP contribution in [0.1, 0.15) is 22.3 Å². The van der Waals surface area contributed by atoms with Gasteiger partial charge in [0.25, 0.3) is 5.91 Å². The van der Waals surface area contributed by atoms with Gasteiger partial charge < -0.3 is 31.5 Å². The van der Waals surface area contributed by atoms with E-state index in [1.54, 1.807) is 11.0 Å². The highest BCUT2D eigenvalue weighted by atomic mass is 35.5. The highest BCUT2D eigenvalue weighted by Crippen LogP contribution is 2.32. The molecule has 1 unspecified atom stereocenters. The molecule has 0 aromatic heterocycles. The van der Waals surface area contributed by atoms with Crippen molar-refractivity contribution in [1.82, 2.24) is 14.7 Å². The highest BCUT2D eigenvalue weighted by Gasteiger charge is 2.33. The fourth-order valence-electron chi connectivity index (χ4n) is 5.26. The van der Waals surface area contributed by atoms with E-state index in [1.165, 1.54) is 28.0 Å². The van der Waals surface area contributed by atoms with Crippen molar-refractivity contribution in [3.8, 4) is 0 Å². The van der Waals surface area contributed by atoms with E-state index in [1.807, 2.05) is 4.90 Å². The number of nitrogens with two attached hydrogens (primary N) is 2. The van der Waals surface area contributed by atoms with Crippen LogP contribution in [0.5, 0.6) is 0 Å². The second-order valence-corrected chi connectivity index (χ2v) is 10.8. The second kappa shape index (κ2) is 13.2. The number of nitrogens with one attached hydrogen (secondary N) is 1. The van der Waals surface area contributed by atoms with Crippen LogP contribution in [0.4, 0.5) is 42.9 Å². The summed E-state index contributed by atoms with van der Waals surface area (Å²) in [6, 6.07) is 4.64. The van der Waals surface area contributed by atoms with Crippen molar-refractivity contribution in [2.24, 2.45) is 11.5 Å². The molecule has 2 aliphatic rings. The van der Waals surface area contributed by atoms with Gasteiger partial charge in [0.2, 0.25) is 0 Å². The lowest BCUT2D eigenvalue weighted by Crippen LogP contribution is -2.59. The van der Waals surface area contributed by atoms with Crippen molar-refractivity contribution in [3.63, 3.8) is 0 Å². The van der Waals surface area contributed by atoms with E-state index in [0.717, 1.165) is 6.07 Å². The van der Waals surface area contributed by atoms with Gasteiger partial charge in [0.15, 0.2) is 11.6 Å². The second-order valence-electron chi connectivity index (χ2n) is 10.4. The molecule has 2 aromatic carbocycles. The Bertz CT molecular complexity index is 1370. The number of benzene rings is 2. The number of alkyl halides is 3. The van der Waals surface area contributed by atoms with E-state index in [-0.39, 0.29) is 43.9 Å². The standard InChI is InChI=1S/C27H31ClF5N7O3/c28-17-2-4-20(21(14-17)38-9-7-37(8-10-38)6-5-27(31,32)33)36-24(41)19-3-1-16(22(29)23(19)30)13-18-15-39(25(34)42)11-12-40(18)26(35)43/h1-4,14,18H,5-13,15H2,(H2,34,42)(H2,35,43)(H,36,41). The summed E-state index contributed by atoms with van der Waals surface area (Å²) in [6.07, 6.45) is -5.35. The maximum Gasteiger partial charge on any atom is 0.390 e. The van der Waals surface area contributed by atoms with Crippen molar-refractivity contribution in [2.45, 2.75) is 25.1 Å². The first-order valence-corrected chi connectivity index (χ1v) is 13.8. The number of halogens is 6. The van der Waals surface area contributed by atoms with Gasteiger partial charge in [0, 0.05) is 57.4 Å². The molecule has 4 rings (SSSR count). The Morgan fingerprint density at radius 3 is 2.26 bits per heavy atom. The lowest BCUT2D eigenvalue weighted by atomic mass is 9.99. The Morgan fingerprint density at radius 2 is 1.63 bits per heavy atom. The molecule has 10 nitrogen and oxygen atoms in total. The maximum atomic E-state index is 15.2. The number of piperazine rings is 2. The SMILES string of the molecule is NC(=O)N1CCN(C(N)=O)C(Cc2ccc(C(=O)Nc3ccc(Cl)cc3N3CCN(CCC(F)(F)F)CC3)c(F)c2F)C1. The molecule has 2 aromatic rings. The number of carbonyl (C=O) groups excluding carboxylic acids is 3. The van der Waals surface area contributed by atoms with Crippen LogP contribution in [0, 0.1) is 11.6 Å². The average Bonchev–Trinajstić information content (AvgIpc) is 2.95. The molecule has 2 fully saturated rings. The van der Waals surface area contributed by atoms with E-state index >= 15 is 8.78 Å². The zero-order valence-corrected chi connectivity index (χ0v) is 23.7.